The number of rotatable bonds is 4. The van der Waals surface area contributed by atoms with Crippen molar-refractivity contribution in [3.63, 3.8) is 0 Å². The van der Waals surface area contributed by atoms with Crippen LogP contribution >= 0.6 is 0 Å². The molecule has 0 saturated carbocycles. The van der Waals surface area contributed by atoms with E-state index < -0.39 is 0 Å². The van der Waals surface area contributed by atoms with Gasteiger partial charge in [-0.1, -0.05) is 48.5 Å². The fourth-order valence-corrected chi connectivity index (χ4v) is 4.41. The van der Waals surface area contributed by atoms with Crippen LogP contribution in [-0.4, -0.2) is 59.8 Å². The van der Waals surface area contributed by atoms with Crippen molar-refractivity contribution in [2.45, 2.75) is 19.5 Å². The summed E-state index contributed by atoms with van der Waals surface area (Å²) in [5.74, 6) is 0.980. The standard InChI is InChI=1S/C25H29N5/c1-28-14-16-30(17-15-28)25-11-10-24(26-27-25)22-8-6-20(7-9-22)18-29-13-12-21-4-2-3-5-23(21)19-29/h2-11H,12-19H2,1H3. The van der Waals surface area contributed by atoms with E-state index in [1.165, 1.54) is 16.7 Å². The SMILES string of the molecule is CN1CCN(c2ccc(-c3ccc(CN4CCc5ccccc5C4)cc3)nn2)CC1. The fourth-order valence-electron chi connectivity index (χ4n) is 4.41. The topological polar surface area (TPSA) is 35.5 Å². The quantitative estimate of drug-likeness (QED) is 0.671. The van der Waals surface area contributed by atoms with Crippen LogP contribution in [0.5, 0.6) is 0 Å². The van der Waals surface area contributed by atoms with Crippen LogP contribution in [0.15, 0.2) is 60.7 Å². The Balaban J connectivity index is 1.22. The van der Waals surface area contributed by atoms with Crippen LogP contribution in [0, 0.1) is 0 Å². The molecule has 0 aliphatic carbocycles. The third kappa shape index (κ3) is 4.23. The molecule has 5 nitrogen and oxygen atoms in total. The molecule has 5 heteroatoms. The van der Waals surface area contributed by atoms with Gasteiger partial charge in [0.1, 0.15) is 0 Å². The molecule has 0 amide bonds. The van der Waals surface area contributed by atoms with Gasteiger partial charge in [0.2, 0.25) is 0 Å². The number of fused-ring (bicyclic) bond motifs is 1. The van der Waals surface area contributed by atoms with Crippen LogP contribution in [0.2, 0.25) is 0 Å². The Hall–Kier alpha value is -2.76. The molecule has 1 saturated heterocycles. The van der Waals surface area contributed by atoms with Crippen molar-refractivity contribution in [1.82, 2.24) is 20.0 Å². The summed E-state index contributed by atoms with van der Waals surface area (Å²) in [4.78, 5) is 7.20. The van der Waals surface area contributed by atoms with Crippen molar-refractivity contribution >= 4 is 5.82 Å². The van der Waals surface area contributed by atoms with Crippen LogP contribution in [0.1, 0.15) is 16.7 Å². The van der Waals surface area contributed by atoms with Gasteiger partial charge < -0.3 is 9.80 Å². The second-order valence-electron chi connectivity index (χ2n) is 8.49. The van der Waals surface area contributed by atoms with Crippen molar-refractivity contribution in [1.29, 1.82) is 0 Å². The number of piperazine rings is 1. The lowest BCUT2D eigenvalue weighted by molar-refractivity contribution is 0.245. The first-order valence-electron chi connectivity index (χ1n) is 10.9. The highest BCUT2D eigenvalue weighted by atomic mass is 15.3. The number of hydrogen-bond acceptors (Lipinski definition) is 5. The van der Waals surface area contributed by atoms with Gasteiger partial charge in [0.25, 0.3) is 0 Å². The van der Waals surface area contributed by atoms with E-state index in [-0.39, 0.29) is 0 Å². The molecule has 154 valence electrons. The normalized spacial score (nSPS) is 17.7. The minimum absolute atomic E-state index is 0.936. The summed E-state index contributed by atoms with van der Waals surface area (Å²) in [6.45, 7) is 7.33. The third-order valence-electron chi connectivity index (χ3n) is 6.34. The maximum absolute atomic E-state index is 4.50. The molecule has 5 rings (SSSR count). The lowest BCUT2D eigenvalue weighted by Crippen LogP contribution is -2.44. The highest BCUT2D eigenvalue weighted by Crippen LogP contribution is 2.23. The number of anilines is 1. The van der Waals surface area contributed by atoms with Crippen molar-refractivity contribution in [3.05, 3.63) is 77.4 Å². The summed E-state index contributed by atoms with van der Waals surface area (Å²) in [6, 6.07) is 21.8. The number of hydrogen-bond donors (Lipinski definition) is 0. The largest absolute Gasteiger partial charge is 0.353 e. The Bertz CT molecular complexity index is 975. The monoisotopic (exact) mass is 399 g/mol. The van der Waals surface area contributed by atoms with Gasteiger partial charge in [-0.05, 0) is 42.3 Å². The summed E-state index contributed by atoms with van der Waals surface area (Å²) in [5.41, 5.74) is 6.38. The van der Waals surface area contributed by atoms with Gasteiger partial charge >= 0.3 is 0 Å². The van der Waals surface area contributed by atoms with Gasteiger partial charge in [-0.3, -0.25) is 4.90 Å². The van der Waals surface area contributed by atoms with E-state index in [0.717, 1.165) is 69.3 Å². The van der Waals surface area contributed by atoms with Crippen LogP contribution in [-0.2, 0) is 19.5 Å². The van der Waals surface area contributed by atoms with Crippen molar-refractivity contribution < 1.29 is 0 Å². The van der Waals surface area contributed by atoms with Gasteiger partial charge in [-0.25, -0.2) is 0 Å². The first kappa shape index (κ1) is 19.2. The predicted molar refractivity (Wildman–Crippen MR) is 121 cm³/mol. The molecule has 2 aliphatic heterocycles. The first-order chi connectivity index (χ1) is 14.7. The van der Waals surface area contributed by atoms with E-state index in [2.05, 4.69) is 92.6 Å². The third-order valence-corrected chi connectivity index (χ3v) is 6.34. The number of likely N-dealkylation sites (N-methyl/N-ethyl adjacent to an activating group) is 1. The minimum Gasteiger partial charge on any atom is -0.353 e. The molecule has 0 atom stereocenters. The molecule has 0 bridgehead atoms. The molecule has 0 unspecified atom stereocenters. The van der Waals surface area contributed by atoms with Gasteiger partial charge in [-0.2, -0.15) is 0 Å². The molecule has 0 radical (unpaired) electrons. The Morgan fingerprint density at radius 3 is 2.27 bits per heavy atom. The summed E-state index contributed by atoms with van der Waals surface area (Å²) < 4.78 is 0. The average Bonchev–Trinajstić information content (AvgIpc) is 2.80. The molecule has 3 aromatic rings. The molecule has 30 heavy (non-hydrogen) atoms. The molecule has 1 fully saturated rings. The van der Waals surface area contributed by atoms with Gasteiger partial charge in [0.15, 0.2) is 5.82 Å². The predicted octanol–water partition coefficient (Wildman–Crippen LogP) is 3.45. The van der Waals surface area contributed by atoms with E-state index in [0.29, 0.717) is 0 Å². The van der Waals surface area contributed by atoms with Crippen LogP contribution < -0.4 is 4.90 Å². The smallest absolute Gasteiger partial charge is 0.151 e. The Labute approximate surface area is 179 Å². The van der Waals surface area contributed by atoms with E-state index in [1.54, 1.807) is 0 Å². The van der Waals surface area contributed by atoms with E-state index in [9.17, 15) is 0 Å². The van der Waals surface area contributed by atoms with Crippen molar-refractivity contribution in [2.24, 2.45) is 0 Å². The minimum atomic E-state index is 0.936. The second kappa shape index (κ2) is 8.54. The molecular weight excluding hydrogens is 370 g/mol. The number of benzene rings is 2. The van der Waals surface area contributed by atoms with E-state index >= 15 is 0 Å². The zero-order valence-corrected chi connectivity index (χ0v) is 17.7. The first-order valence-corrected chi connectivity index (χ1v) is 10.9. The Morgan fingerprint density at radius 2 is 1.53 bits per heavy atom. The van der Waals surface area contributed by atoms with Gasteiger partial charge in [-0.15, -0.1) is 10.2 Å². The fraction of sp³-hybridized carbons (Fsp3) is 0.360. The maximum atomic E-state index is 4.50. The molecule has 1 aromatic heterocycles. The molecule has 3 heterocycles. The zero-order chi connectivity index (χ0) is 20.3. The average molecular weight is 400 g/mol. The molecular formula is C25H29N5. The van der Waals surface area contributed by atoms with Crippen molar-refractivity contribution in [2.75, 3.05) is 44.7 Å². The Kier molecular flexibility index (Phi) is 5.47. The summed E-state index contributed by atoms with van der Waals surface area (Å²) in [7, 11) is 2.17. The van der Waals surface area contributed by atoms with E-state index in [1.807, 2.05) is 0 Å². The number of aromatic nitrogens is 2. The molecule has 0 N–H and O–H groups in total. The highest BCUT2D eigenvalue weighted by Gasteiger charge is 2.17. The summed E-state index contributed by atoms with van der Waals surface area (Å²) >= 11 is 0. The summed E-state index contributed by atoms with van der Waals surface area (Å²) in [5, 5.41) is 8.99. The van der Waals surface area contributed by atoms with Crippen LogP contribution in [0.25, 0.3) is 11.3 Å². The molecule has 0 spiro atoms. The van der Waals surface area contributed by atoms with Gasteiger partial charge in [0, 0.05) is 51.4 Å². The maximum Gasteiger partial charge on any atom is 0.151 e. The second-order valence-corrected chi connectivity index (χ2v) is 8.49. The number of nitrogens with zero attached hydrogens (tertiary/aromatic N) is 5. The lowest BCUT2D eigenvalue weighted by atomic mass is 9.99. The van der Waals surface area contributed by atoms with Crippen LogP contribution in [0.4, 0.5) is 5.82 Å². The Morgan fingerprint density at radius 1 is 0.767 bits per heavy atom. The van der Waals surface area contributed by atoms with Crippen LogP contribution in [0.3, 0.4) is 0 Å². The molecule has 2 aliphatic rings. The van der Waals surface area contributed by atoms with E-state index in [4.69, 9.17) is 0 Å². The lowest BCUT2D eigenvalue weighted by Gasteiger charge is -2.32. The molecule has 2 aromatic carbocycles. The van der Waals surface area contributed by atoms with Gasteiger partial charge in [0.05, 0.1) is 5.69 Å². The van der Waals surface area contributed by atoms with Crippen molar-refractivity contribution in [3.8, 4) is 11.3 Å². The zero-order valence-electron chi connectivity index (χ0n) is 17.7. The highest BCUT2D eigenvalue weighted by molar-refractivity contribution is 5.60. The summed E-state index contributed by atoms with van der Waals surface area (Å²) in [6.07, 6.45) is 1.14.